The van der Waals surface area contributed by atoms with Crippen LogP contribution in [0.3, 0.4) is 0 Å². The molecular weight excluding hydrogens is 641 g/mol. The third-order valence-electron chi connectivity index (χ3n) is 8.53. The number of benzene rings is 4. The van der Waals surface area contributed by atoms with Gasteiger partial charge in [-0.25, -0.2) is 12.6 Å². The first-order chi connectivity index (χ1) is 22.6. The van der Waals surface area contributed by atoms with Crippen LogP contribution in [-0.2, 0) is 32.2 Å². The standard InChI is InChI=1S/C35H30N2O8S2/c1-2-24(19-33-36(17-18-47(40,41)42)29-21-27(13-15-31(29)43-33)25-9-5-3-6-10-25)20-34-37(23-35(37)45-46(38)39)30-22-28(14-16-32(30)44-34)26-11-7-4-8-12-26/h3-16,19-22,35H,2,17-18,23H2,1H3/p+1/b24-19?,34-20+. The highest BCUT2D eigenvalue weighted by Gasteiger charge is 2.68. The van der Waals surface area contributed by atoms with Gasteiger partial charge in [-0.05, 0) is 46.4 Å². The Labute approximate surface area is 274 Å². The van der Waals surface area contributed by atoms with E-state index in [4.69, 9.17) is 13.3 Å². The van der Waals surface area contributed by atoms with Crippen LogP contribution in [0, 0.1) is 0 Å². The fourth-order valence-electron chi connectivity index (χ4n) is 6.08. The maximum atomic E-state index is 11.7. The first-order valence-electron chi connectivity index (χ1n) is 15.1. The summed E-state index contributed by atoms with van der Waals surface area (Å²) in [5.41, 5.74) is 6.68. The van der Waals surface area contributed by atoms with Gasteiger partial charge in [-0.1, -0.05) is 79.7 Å². The van der Waals surface area contributed by atoms with E-state index in [9.17, 15) is 21.7 Å². The molecule has 7 rings (SSSR count). The normalized spacial score (nSPS) is 20.4. The highest BCUT2D eigenvalue weighted by Crippen LogP contribution is 2.55. The number of rotatable bonds is 10. The van der Waals surface area contributed by atoms with Crippen molar-refractivity contribution >= 4 is 44.3 Å². The molecule has 0 aliphatic carbocycles. The van der Waals surface area contributed by atoms with Gasteiger partial charge in [0.25, 0.3) is 11.7 Å². The van der Waals surface area contributed by atoms with Crippen LogP contribution in [0.2, 0.25) is 0 Å². The molecule has 1 N–H and O–H groups in total. The summed E-state index contributed by atoms with van der Waals surface area (Å²) >= 11 is -2.48. The second kappa shape index (κ2) is 12.3. The highest BCUT2D eigenvalue weighted by atomic mass is 32.2. The summed E-state index contributed by atoms with van der Waals surface area (Å²) in [6.07, 6.45) is 3.58. The number of hydrogen-bond acceptors (Lipinski definition) is 7. The number of allylic oxidation sites excluding steroid dienone is 2. The van der Waals surface area contributed by atoms with Crippen LogP contribution in [0.1, 0.15) is 19.2 Å². The highest BCUT2D eigenvalue weighted by molar-refractivity contribution is 7.85. The Morgan fingerprint density at radius 1 is 1.00 bits per heavy atom. The number of aromatic nitrogens is 1. The molecule has 3 heterocycles. The minimum atomic E-state index is -4.50. The largest absolute Gasteiger partial charge is 0.748 e. The SMILES string of the molecule is CCC(=Cc1oc2ccc(-c3ccccc3)cc2[n+]1CCS(=O)(=O)[O-])/C=C1/Oc2ccc(-c3ccccc3)cc2[N+]12CC2OS(=O)O. The molecule has 3 atom stereocenters. The summed E-state index contributed by atoms with van der Waals surface area (Å²) in [4.78, 5) is 0. The van der Waals surface area contributed by atoms with Crippen LogP contribution in [0.4, 0.5) is 5.69 Å². The van der Waals surface area contributed by atoms with Crippen molar-refractivity contribution in [2.75, 3.05) is 12.3 Å². The first kappa shape index (κ1) is 31.2. The maximum Gasteiger partial charge on any atom is 0.374 e. The molecule has 3 unspecified atom stereocenters. The molecule has 1 saturated heterocycles. The molecule has 1 aromatic heterocycles. The van der Waals surface area contributed by atoms with E-state index in [0.717, 1.165) is 33.5 Å². The zero-order valence-electron chi connectivity index (χ0n) is 25.3. The Bertz CT molecular complexity index is 2180. The molecule has 1 spiro atoms. The lowest BCUT2D eigenvalue weighted by Crippen LogP contribution is -2.38. The van der Waals surface area contributed by atoms with Gasteiger partial charge in [-0.15, -0.1) is 0 Å². The third-order valence-corrected chi connectivity index (χ3v) is 9.60. The Hall–Kier alpha value is -4.43. The van der Waals surface area contributed by atoms with Crippen LogP contribution < -0.4 is 13.8 Å². The molecule has 0 radical (unpaired) electrons. The average molecular weight is 672 g/mol. The van der Waals surface area contributed by atoms with Gasteiger partial charge in [0.2, 0.25) is 5.58 Å². The van der Waals surface area contributed by atoms with Crippen molar-refractivity contribution < 1.29 is 39.6 Å². The van der Waals surface area contributed by atoms with E-state index in [-0.39, 0.29) is 11.0 Å². The van der Waals surface area contributed by atoms with Gasteiger partial charge in [0.1, 0.15) is 10.1 Å². The molecule has 2 aliphatic rings. The van der Waals surface area contributed by atoms with Crippen LogP contribution in [0.25, 0.3) is 39.4 Å². The molecule has 2 aliphatic heterocycles. The summed E-state index contributed by atoms with van der Waals surface area (Å²) < 4.78 is 76.2. The molecule has 10 nitrogen and oxygen atoms in total. The molecular formula is C35H31N2O8S2+. The summed E-state index contributed by atoms with van der Waals surface area (Å²) in [5, 5.41) is 0. The summed E-state index contributed by atoms with van der Waals surface area (Å²) in [6.45, 7) is 2.26. The van der Waals surface area contributed by atoms with E-state index in [1.54, 1.807) is 10.6 Å². The first-order valence-corrected chi connectivity index (χ1v) is 17.7. The molecule has 12 heteroatoms. The van der Waals surface area contributed by atoms with Gasteiger partial charge in [0.05, 0.1) is 11.8 Å². The zero-order chi connectivity index (χ0) is 32.8. The lowest BCUT2D eigenvalue weighted by Gasteiger charge is -2.12. The molecule has 5 aromatic rings. The third kappa shape index (κ3) is 6.19. The summed E-state index contributed by atoms with van der Waals surface area (Å²) in [5.74, 6) is 0.898. The quantitative estimate of drug-likeness (QED) is 0.0618. The van der Waals surface area contributed by atoms with E-state index in [0.29, 0.717) is 41.6 Å². The van der Waals surface area contributed by atoms with E-state index < -0.39 is 33.5 Å². The lowest BCUT2D eigenvalue weighted by molar-refractivity contribution is -0.673. The predicted octanol–water partition coefficient (Wildman–Crippen LogP) is 6.13. The molecule has 0 bridgehead atoms. The Balaban J connectivity index is 1.31. The smallest absolute Gasteiger partial charge is 0.374 e. The van der Waals surface area contributed by atoms with E-state index in [2.05, 4.69) is 0 Å². The topological polar surface area (TPSA) is 130 Å². The summed E-state index contributed by atoms with van der Waals surface area (Å²) in [7, 11) is -4.50. The van der Waals surface area contributed by atoms with Crippen LogP contribution >= 0.6 is 0 Å². The summed E-state index contributed by atoms with van der Waals surface area (Å²) in [6, 6.07) is 31.2. The van der Waals surface area contributed by atoms with Crippen molar-refractivity contribution in [3.8, 4) is 28.0 Å². The Morgan fingerprint density at radius 2 is 1.66 bits per heavy atom. The van der Waals surface area contributed by atoms with Gasteiger partial charge in [0, 0.05) is 18.2 Å². The second-order valence-corrected chi connectivity index (χ2v) is 13.6. The second-order valence-electron chi connectivity index (χ2n) is 11.4. The molecule has 0 amide bonds. The minimum absolute atomic E-state index is 0.0983. The molecule has 0 saturated carbocycles. The van der Waals surface area contributed by atoms with Crippen molar-refractivity contribution in [1.29, 1.82) is 0 Å². The number of hydrogen-bond donors (Lipinski definition) is 1. The number of quaternary nitrogens is 1. The number of nitrogens with zero attached hydrogens (tertiary/aromatic N) is 2. The van der Waals surface area contributed by atoms with E-state index in [1.807, 2.05) is 110 Å². The lowest BCUT2D eigenvalue weighted by atomic mass is 10.0. The molecule has 240 valence electrons. The van der Waals surface area contributed by atoms with E-state index in [1.165, 1.54) is 0 Å². The minimum Gasteiger partial charge on any atom is -0.748 e. The fraction of sp³-hybridized carbons (Fsp3) is 0.171. The number of fused-ring (bicyclic) bond motifs is 3. The van der Waals surface area contributed by atoms with Crippen molar-refractivity contribution in [2.24, 2.45) is 0 Å². The molecule has 47 heavy (non-hydrogen) atoms. The average Bonchev–Trinajstić information content (AvgIpc) is 3.54. The molecule has 4 aromatic carbocycles. The van der Waals surface area contributed by atoms with Crippen molar-refractivity contribution in [2.45, 2.75) is 26.1 Å². The maximum absolute atomic E-state index is 11.7. The van der Waals surface area contributed by atoms with Gasteiger partial charge in [-0.3, -0.25) is 4.55 Å². The predicted molar refractivity (Wildman–Crippen MR) is 178 cm³/mol. The van der Waals surface area contributed by atoms with Gasteiger partial charge >= 0.3 is 23.1 Å². The number of oxazole rings is 1. The van der Waals surface area contributed by atoms with Crippen LogP contribution in [-0.4, -0.2) is 40.3 Å². The van der Waals surface area contributed by atoms with Crippen molar-refractivity contribution in [3.05, 3.63) is 120 Å². The zero-order valence-corrected chi connectivity index (χ0v) is 26.9. The van der Waals surface area contributed by atoms with E-state index >= 15 is 0 Å². The Morgan fingerprint density at radius 3 is 2.30 bits per heavy atom. The van der Waals surface area contributed by atoms with Crippen molar-refractivity contribution in [1.82, 2.24) is 4.48 Å². The fourth-order valence-corrected chi connectivity index (χ4v) is 6.89. The number of aryl methyl sites for hydroxylation is 1. The van der Waals surface area contributed by atoms with Crippen LogP contribution in [0.15, 0.2) is 119 Å². The monoisotopic (exact) mass is 671 g/mol. The Kier molecular flexibility index (Phi) is 8.16. The molecule has 1 fully saturated rings. The van der Waals surface area contributed by atoms with Crippen molar-refractivity contribution in [3.63, 3.8) is 0 Å². The van der Waals surface area contributed by atoms with Crippen LogP contribution in [0.5, 0.6) is 5.75 Å². The van der Waals surface area contributed by atoms with Gasteiger partial charge < -0.3 is 13.7 Å². The van der Waals surface area contributed by atoms with Gasteiger partial charge in [0.15, 0.2) is 24.5 Å². The van der Waals surface area contributed by atoms with Gasteiger partial charge in [-0.2, -0.15) is 13.3 Å². The number of ether oxygens (including phenoxy) is 1.